The first-order valence-electron chi connectivity index (χ1n) is 13.1. The van der Waals surface area contributed by atoms with E-state index in [1.165, 1.54) is 24.3 Å². The molecule has 16 nitrogen and oxygen atoms in total. The van der Waals surface area contributed by atoms with E-state index in [0.717, 1.165) is 7.11 Å². The fourth-order valence-electron chi connectivity index (χ4n) is 3.59. The van der Waals surface area contributed by atoms with Gasteiger partial charge in [-0.1, -0.05) is 26.0 Å². The monoisotopic (exact) mass is 602 g/mol. The number of nitrogens with two attached hydrogens (primary N) is 1. The number of alkyl carbamates (subject to hydrolysis) is 1. The summed E-state index contributed by atoms with van der Waals surface area (Å²) in [7, 11) is 1.16. The lowest BCUT2D eigenvalue weighted by molar-refractivity contribution is -0.384. The highest BCUT2D eigenvalue weighted by Crippen LogP contribution is 2.18. The highest BCUT2D eigenvalue weighted by molar-refractivity contribution is 5.98. The molecule has 2 rings (SSSR count). The van der Waals surface area contributed by atoms with E-state index >= 15 is 0 Å². The number of hydrogen-bond donors (Lipinski definition) is 5. The van der Waals surface area contributed by atoms with Crippen molar-refractivity contribution in [2.75, 3.05) is 19.0 Å². The van der Waals surface area contributed by atoms with Gasteiger partial charge in [0.25, 0.3) is 5.69 Å². The minimum absolute atomic E-state index is 0.0708. The van der Waals surface area contributed by atoms with Crippen molar-refractivity contribution in [2.24, 2.45) is 11.7 Å². The van der Waals surface area contributed by atoms with Gasteiger partial charge in [0.1, 0.15) is 24.4 Å². The molecule has 0 radical (unpaired) electrons. The molecule has 0 spiro atoms. The Morgan fingerprint density at radius 1 is 0.953 bits per heavy atom. The molecule has 16 heteroatoms. The molecule has 0 saturated heterocycles. The molecule has 0 aliphatic heterocycles. The number of benzene rings is 2. The molecule has 0 bridgehead atoms. The molecule has 43 heavy (non-hydrogen) atoms. The Labute approximate surface area is 246 Å². The van der Waals surface area contributed by atoms with Gasteiger partial charge in [-0.15, -0.1) is 0 Å². The Morgan fingerprint density at radius 2 is 1.60 bits per heavy atom. The molecule has 5 amide bonds. The van der Waals surface area contributed by atoms with Crippen molar-refractivity contribution in [3.63, 3.8) is 0 Å². The van der Waals surface area contributed by atoms with Crippen LogP contribution in [0.1, 0.15) is 32.3 Å². The second kappa shape index (κ2) is 16.8. The zero-order valence-corrected chi connectivity index (χ0v) is 23.8. The lowest BCUT2D eigenvalue weighted by Crippen LogP contribution is -2.54. The van der Waals surface area contributed by atoms with Crippen LogP contribution in [0.5, 0.6) is 5.75 Å². The third-order valence-electron chi connectivity index (χ3n) is 5.84. The summed E-state index contributed by atoms with van der Waals surface area (Å²) in [5.41, 5.74) is 5.87. The molecule has 2 aromatic rings. The fraction of sp³-hybridized carbons (Fsp3) is 0.370. The number of methoxy groups -OCH3 is 1. The number of hydrogen-bond acceptors (Lipinski definition) is 10. The molecule has 0 unspecified atom stereocenters. The molecule has 0 heterocycles. The van der Waals surface area contributed by atoms with Crippen LogP contribution in [0.2, 0.25) is 0 Å². The summed E-state index contributed by atoms with van der Waals surface area (Å²) >= 11 is 0. The van der Waals surface area contributed by atoms with Crippen molar-refractivity contribution in [1.82, 2.24) is 16.0 Å². The van der Waals surface area contributed by atoms with E-state index < -0.39 is 47.1 Å². The molecule has 6 N–H and O–H groups in total. The van der Waals surface area contributed by atoms with E-state index in [1.54, 1.807) is 38.1 Å². The van der Waals surface area contributed by atoms with Gasteiger partial charge in [-0.2, -0.15) is 0 Å². The van der Waals surface area contributed by atoms with Gasteiger partial charge >= 0.3 is 18.3 Å². The standard InChI is InChI=1S/C27H34N6O10/c1-16(2)22(32-26(37)41-3)24(35)31-21(5-4-14-29-25(28)36)23(34)30-18-8-6-17(7-9-18)15-42-27(38)43-20-12-10-19(11-13-20)33(39)40/h6-13,16,21-22H,4-5,14-15H2,1-3H3,(H,30,34)(H,31,35)(H,32,37)(H3,28,29,36)/t21-,22-/m0/s1. The number of carbonyl (C=O) groups is 5. The largest absolute Gasteiger partial charge is 0.514 e. The zero-order chi connectivity index (χ0) is 31.9. The third kappa shape index (κ3) is 11.9. The number of anilines is 1. The first kappa shape index (κ1) is 33.8. The van der Waals surface area contributed by atoms with E-state index in [1.807, 2.05) is 0 Å². The quantitative estimate of drug-likeness (QED) is 0.0697. The van der Waals surface area contributed by atoms with Crippen molar-refractivity contribution in [3.8, 4) is 5.75 Å². The van der Waals surface area contributed by atoms with Crippen LogP contribution in [0.15, 0.2) is 48.5 Å². The Bertz CT molecular complexity index is 1280. The molecule has 0 aliphatic carbocycles. The molecule has 0 saturated carbocycles. The second-order valence-electron chi connectivity index (χ2n) is 9.43. The second-order valence-corrected chi connectivity index (χ2v) is 9.43. The Hall–Kier alpha value is -5.41. The van der Waals surface area contributed by atoms with Gasteiger partial charge in [-0.3, -0.25) is 19.7 Å². The SMILES string of the molecule is COC(=O)N[C@H](C(=O)N[C@@H](CCCNC(N)=O)C(=O)Nc1ccc(COC(=O)Oc2ccc([N+](=O)[O-])cc2)cc1)C(C)C. The van der Waals surface area contributed by atoms with Gasteiger partial charge < -0.3 is 41.2 Å². The molecule has 0 fully saturated rings. The number of ether oxygens (including phenoxy) is 3. The van der Waals surface area contributed by atoms with Gasteiger partial charge in [-0.05, 0) is 48.6 Å². The van der Waals surface area contributed by atoms with Crippen LogP contribution in [-0.2, 0) is 25.7 Å². The number of primary amides is 1. The van der Waals surface area contributed by atoms with Gasteiger partial charge in [0, 0.05) is 24.4 Å². The maximum atomic E-state index is 13.1. The average Bonchev–Trinajstić information content (AvgIpc) is 2.96. The number of nitrogens with zero attached hydrogens (tertiary/aromatic N) is 1. The van der Waals surface area contributed by atoms with Gasteiger partial charge in [-0.25, -0.2) is 14.4 Å². The Balaban J connectivity index is 1.98. The van der Waals surface area contributed by atoms with E-state index in [-0.39, 0.29) is 36.9 Å². The van der Waals surface area contributed by atoms with Crippen LogP contribution in [0.3, 0.4) is 0 Å². The number of nitrogens with one attached hydrogen (secondary N) is 4. The van der Waals surface area contributed by atoms with Gasteiger partial charge in [0.2, 0.25) is 11.8 Å². The maximum Gasteiger partial charge on any atom is 0.514 e. The Kier molecular flexibility index (Phi) is 13.2. The summed E-state index contributed by atoms with van der Waals surface area (Å²) in [4.78, 5) is 70.8. The highest BCUT2D eigenvalue weighted by atomic mass is 16.7. The minimum Gasteiger partial charge on any atom is -0.453 e. The van der Waals surface area contributed by atoms with Crippen LogP contribution in [0.25, 0.3) is 0 Å². The Morgan fingerprint density at radius 3 is 2.16 bits per heavy atom. The lowest BCUT2D eigenvalue weighted by atomic mass is 10.0. The first-order chi connectivity index (χ1) is 20.4. The number of urea groups is 1. The number of nitro groups is 1. The van der Waals surface area contributed by atoms with Crippen LogP contribution >= 0.6 is 0 Å². The number of rotatable bonds is 14. The van der Waals surface area contributed by atoms with Crippen LogP contribution < -0.4 is 31.7 Å². The fourth-order valence-corrected chi connectivity index (χ4v) is 3.59. The zero-order valence-electron chi connectivity index (χ0n) is 23.8. The van der Waals surface area contributed by atoms with Crippen LogP contribution in [0.4, 0.5) is 25.8 Å². The van der Waals surface area contributed by atoms with Gasteiger partial charge in [0.05, 0.1) is 12.0 Å². The van der Waals surface area contributed by atoms with Crippen molar-refractivity contribution in [1.29, 1.82) is 0 Å². The van der Waals surface area contributed by atoms with E-state index in [2.05, 4.69) is 26.0 Å². The van der Waals surface area contributed by atoms with Crippen LogP contribution in [0, 0.1) is 16.0 Å². The average molecular weight is 603 g/mol. The molecular formula is C27H34N6O10. The summed E-state index contributed by atoms with van der Waals surface area (Å²) < 4.78 is 14.6. The molecule has 232 valence electrons. The third-order valence-corrected chi connectivity index (χ3v) is 5.84. The van der Waals surface area contributed by atoms with Crippen molar-refractivity contribution in [2.45, 2.75) is 45.4 Å². The predicted molar refractivity (Wildman–Crippen MR) is 152 cm³/mol. The molecule has 2 aromatic carbocycles. The number of nitro benzene ring substituents is 1. The summed E-state index contributed by atoms with van der Waals surface area (Å²) in [5.74, 6) is -1.40. The predicted octanol–water partition coefficient (Wildman–Crippen LogP) is 2.56. The summed E-state index contributed by atoms with van der Waals surface area (Å²) in [5, 5.41) is 20.9. The number of non-ortho nitro benzene ring substituents is 1. The summed E-state index contributed by atoms with van der Waals surface area (Å²) in [6.45, 7) is 3.44. The van der Waals surface area contributed by atoms with Crippen molar-refractivity contribution in [3.05, 3.63) is 64.2 Å². The molecule has 0 aromatic heterocycles. The van der Waals surface area contributed by atoms with Gasteiger partial charge in [0.15, 0.2) is 0 Å². The topological polar surface area (TPSA) is 230 Å². The lowest BCUT2D eigenvalue weighted by Gasteiger charge is -2.25. The highest BCUT2D eigenvalue weighted by Gasteiger charge is 2.29. The van der Waals surface area contributed by atoms with E-state index in [9.17, 15) is 34.1 Å². The summed E-state index contributed by atoms with van der Waals surface area (Å²) in [6, 6.07) is 8.47. The molecular weight excluding hydrogens is 568 g/mol. The van der Waals surface area contributed by atoms with Crippen molar-refractivity contribution >= 4 is 41.5 Å². The molecule has 0 aliphatic rings. The summed E-state index contributed by atoms with van der Waals surface area (Å²) in [6.07, 6.45) is -1.37. The van der Waals surface area contributed by atoms with Crippen molar-refractivity contribution < 1.29 is 43.1 Å². The number of carbonyl (C=O) groups excluding carboxylic acids is 5. The van der Waals surface area contributed by atoms with E-state index in [4.69, 9.17) is 15.2 Å². The van der Waals surface area contributed by atoms with Crippen LogP contribution in [-0.4, -0.2) is 60.8 Å². The van der Waals surface area contributed by atoms with E-state index in [0.29, 0.717) is 17.7 Å². The first-order valence-corrected chi connectivity index (χ1v) is 13.1. The molecule has 2 atom stereocenters. The minimum atomic E-state index is -1.03. The number of amides is 5. The maximum absolute atomic E-state index is 13.1. The normalized spacial score (nSPS) is 11.8. The smallest absolute Gasteiger partial charge is 0.453 e.